The normalized spacial score (nSPS) is 22.6. The molecule has 3 atom stereocenters. The summed E-state index contributed by atoms with van der Waals surface area (Å²) < 4.78 is 28.0. The molecule has 2 N–H and O–H groups in total. The molecule has 1 saturated carbocycles. The van der Waals surface area contributed by atoms with Crippen LogP contribution in [0.2, 0.25) is 0 Å². The standard InChI is InChI=1S/C33H44FN5O4/c1-37(2)21-24-12-13-28(27(34)19-24)43-18-14-26-20-35-16-17-38(26)32(40)30-31(25-9-5-4-6-10-25)39(23-36-30)29-11-7-8-15-33(29,41)22-42-3/h4-6,9-10,12-13,19,23,26,29,35,41H,7-8,11,14-18,20-22H2,1-3H3/t26-,29-,33-/m1/s1. The highest BCUT2D eigenvalue weighted by molar-refractivity contribution is 5.98. The SMILES string of the molecule is COC[C@]1(O)CCCC[C@H]1n1cnc(C(=O)N2CCNC[C@H]2CCOc2ccc(CN(C)C)cc2F)c1-c1ccccc1. The molecule has 1 aliphatic heterocycles. The zero-order valence-electron chi connectivity index (χ0n) is 25.5. The molecule has 0 radical (unpaired) electrons. The predicted octanol–water partition coefficient (Wildman–Crippen LogP) is 4.13. The molecule has 0 bridgehead atoms. The number of aromatic nitrogens is 2. The van der Waals surface area contributed by atoms with Crippen molar-refractivity contribution in [3.05, 3.63) is 71.9 Å². The van der Waals surface area contributed by atoms with Gasteiger partial charge >= 0.3 is 0 Å². The average Bonchev–Trinajstić information content (AvgIpc) is 3.43. The van der Waals surface area contributed by atoms with Crippen LogP contribution in [0.25, 0.3) is 11.3 Å². The van der Waals surface area contributed by atoms with Crippen LogP contribution < -0.4 is 10.1 Å². The lowest BCUT2D eigenvalue weighted by Gasteiger charge is -2.41. The first-order valence-electron chi connectivity index (χ1n) is 15.2. The Morgan fingerprint density at radius 1 is 1.21 bits per heavy atom. The maximum Gasteiger partial charge on any atom is 0.275 e. The van der Waals surface area contributed by atoms with Crippen molar-refractivity contribution in [2.45, 2.75) is 56.3 Å². The van der Waals surface area contributed by atoms with E-state index in [0.29, 0.717) is 50.4 Å². The fourth-order valence-electron chi connectivity index (χ4n) is 6.51. The number of carbonyl (C=O) groups excluding carboxylic acids is 1. The minimum atomic E-state index is -1.05. The molecule has 2 aliphatic rings. The number of benzene rings is 2. The molecule has 1 aliphatic carbocycles. The van der Waals surface area contributed by atoms with Gasteiger partial charge in [0.15, 0.2) is 17.3 Å². The third-order valence-electron chi connectivity index (χ3n) is 8.55. The molecular formula is C33H44FN5O4. The van der Waals surface area contributed by atoms with Crippen molar-refractivity contribution < 1.29 is 23.8 Å². The van der Waals surface area contributed by atoms with Crippen molar-refractivity contribution in [1.82, 2.24) is 24.7 Å². The van der Waals surface area contributed by atoms with Crippen molar-refractivity contribution >= 4 is 5.91 Å². The second-order valence-electron chi connectivity index (χ2n) is 12.0. The van der Waals surface area contributed by atoms with Crippen LogP contribution in [0.1, 0.15) is 54.2 Å². The number of imidazole rings is 1. The van der Waals surface area contributed by atoms with Crippen LogP contribution >= 0.6 is 0 Å². The number of hydrogen-bond donors (Lipinski definition) is 2. The Labute approximate surface area is 253 Å². The smallest absolute Gasteiger partial charge is 0.275 e. The molecule has 2 fully saturated rings. The van der Waals surface area contributed by atoms with Crippen LogP contribution in [0.5, 0.6) is 5.75 Å². The van der Waals surface area contributed by atoms with Crippen molar-refractivity contribution in [2.75, 3.05) is 54.1 Å². The van der Waals surface area contributed by atoms with Crippen molar-refractivity contribution in [3.63, 3.8) is 0 Å². The van der Waals surface area contributed by atoms with E-state index in [1.165, 1.54) is 6.07 Å². The number of nitrogens with zero attached hydrogens (tertiary/aromatic N) is 4. The second-order valence-corrected chi connectivity index (χ2v) is 12.0. The lowest BCUT2D eigenvalue weighted by Crippen LogP contribution is -2.54. The van der Waals surface area contributed by atoms with Gasteiger partial charge < -0.3 is 34.3 Å². The van der Waals surface area contributed by atoms with E-state index in [9.17, 15) is 14.3 Å². The van der Waals surface area contributed by atoms with E-state index in [0.717, 1.165) is 30.4 Å². The van der Waals surface area contributed by atoms with Crippen LogP contribution in [0.4, 0.5) is 4.39 Å². The van der Waals surface area contributed by atoms with Gasteiger partial charge in [0.05, 0.1) is 31.3 Å². The summed E-state index contributed by atoms with van der Waals surface area (Å²) in [5.74, 6) is -0.331. The van der Waals surface area contributed by atoms with E-state index in [1.807, 2.05) is 64.9 Å². The summed E-state index contributed by atoms with van der Waals surface area (Å²) >= 11 is 0. The first-order valence-corrected chi connectivity index (χ1v) is 15.2. The summed E-state index contributed by atoms with van der Waals surface area (Å²) in [7, 11) is 5.49. The third-order valence-corrected chi connectivity index (χ3v) is 8.55. The Hall–Kier alpha value is -3.31. The molecule has 0 spiro atoms. The van der Waals surface area contributed by atoms with Gasteiger partial charge in [-0.3, -0.25) is 4.79 Å². The van der Waals surface area contributed by atoms with Crippen molar-refractivity contribution in [3.8, 4) is 17.0 Å². The van der Waals surface area contributed by atoms with E-state index in [2.05, 4.69) is 10.3 Å². The summed E-state index contributed by atoms with van der Waals surface area (Å²) in [5.41, 5.74) is 1.78. The van der Waals surface area contributed by atoms with Gasteiger partial charge in [-0.1, -0.05) is 49.2 Å². The van der Waals surface area contributed by atoms with E-state index >= 15 is 0 Å². The van der Waals surface area contributed by atoms with Crippen LogP contribution in [-0.4, -0.2) is 96.1 Å². The summed E-state index contributed by atoms with van der Waals surface area (Å²) in [5, 5.41) is 15.0. The largest absolute Gasteiger partial charge is 0.490 e. The maximum absolute atomic E-state index is 14.7. The number of hydrogen-bond acceptors (Lipinski definition) is 7. The molecule has 43 heavy (non-hydrogen) atoms. The van der Waals surface area contributed by atoms with Gasteiger partial charge in [0.1, 0.15) is 5.60 Å². The highest BCUT2D eigenvalue weighted by Gasteiger charge is 2.42. The molecule has 1 saturated heterocycles. The first kappa shape index (κ1) is 31.1. The zero-order chi connectivity index (χ0) is 30.4. The van der Waals surface area contributed by atoms with Gasteiger partial charge in [0.25, 0.3) is 5.91 Å². The lowest BCUT2D eigenvalue weighted by molar-refractivity contribution is -0.0893. The van der Waals surface area contributed by atoms with E-state index in [-0.39, 0.29) is 42.8 Å². The zero-order valence-corrected chi connectivity index (χ0v) is 25.5. The molecule has 1 aromatic heterocycles. The number of methoxy groups -OCH3 is 1. The van der Waals surface area contributed by atoms with E-state index < -0.39 is 5.60 Å². The Morgan fingerprint density at radius 3 is 2.77 bits per heavy atom. The number of carbonyl (C=O) groups is 1. The molecule has 10 heteroatoms. The molecule has 1 amide bonds. The Kier molecular flexibility index (Phi) is 10.1. The Bertz CT molecular complexity index is 1360. The van der Waals surface area contributed by atoms with Crippen molar-refractivity contribution in [1.29, 1.82) is 0 Å². The van der Waals surface area contributed by atoms with Crippen LogP contribution in [0.3, 0.4) is 0 Å². The topological polar surface area (TPSA) is 92.1 Å². The molecule has 0 unspecified atom stereocenters. The summed E-state index contributed by atoms with van der Waals surface area (Å²) in [6, 6.07) is 14.4. The highest BCUT2D eigenvalue weighted by Crippen LogP contribution is 2.41. The van der Waals surface area contributed by atoms with Crippen molar-refractivity contribution in [2.24, 2.45) is 0 Å². The molecule has 9 nitrogen and oxygen atoms in total. The number of amides is 1. The van der Waals surface area contributed by atoms with Gasteiger partial charge in [-0.2, -0.15) is 0 Å². The minimum Gasteiger partial charge on any atom is -0.490 e. The van der Waals surface area contributed by atoms with Crippen LogP contribution in [0.15, 0.2) is 54.9 Å². The lowest BCUT2D eigenvalue weighted by atomic mass is 9.80. The summed E-state index contributed by atoms with van der Waals surface area (Å²) in [6.07, 6.45) is 5.53. The molecule has 3 aromatic rings. The van der Waals surface area contributed by atoms with E-state index in [4.69, 9.17) is 9.47 Å². The van der Waals surface area contributed by atoms with Gasteiger partial charge in [0, 0.05) is 51.3 Å². The third kappa shape index (κ3) is 7.09. The number of halogens is 1. The monoisotopic (exact) mass is 593 g/mol. The Morgan fingerprint density at radius 2 is 2.02 bits per heavy atom. The summed E-state index contributed by atoms with van der Waals surface area (Å²) in [4.78, 5) is 22.8. The molecular weight excluding hydrogens is 549 g/mol. The highest BCUT2D eigenvalue weighted by atomic mass is 19.1. The van der Waals surface area contributed by atoms with Gasteiger partial charge in [0.2, 0.25) is 0 Å². The molecule has 5 rings (SSSR count). The fraction of sp³-hybridized carbons (Fsp3) is 0.515. The van der Waals surface area contributed by atoms with Gasteiger partial charge in [-0.25, -0.2) is 9.37 Å². The van der Waals surface area contributed by atoms with Gasteiger partial charge in [-0.15, -0.1) is 0 Å². The van der Waals surface area contributed by atoms with E-state index in [1.54, 1.807) is 19.5 Å². The minimum absolute atomic E-state index is 0.147. The average molecular weight is 594 g/mol. The fourth-order valence-corrected chi connectivity index (χ4v) is 6.51. The number of piperazine rings is 1. The number of nitrogens with one attached hydrogen (secondary N) is 1. The summed E-state index contributed by atoms with van der Waals surface area (Å²) in [6.45, 7) is 2.93. The Balaban J connectivity index is 1.37. The molecule has 2 aromatic carbocycles. The number of ether oxygens (including phenoxy) is 2. The quantitative estimate of drug-likeness (QED) is 0.346. The van der Waals surface area contributed by atoms with Crippen LogP contribution in [-0.2, 0) is 11.3 Å². The first-order chi connectivity index (χ1) is 20.8. The van der Waals surface area contributed by atoms with Crippen LogP contribution in [0, 0.1) is 5.82 Å². The molecule has 232 valence electrons. The predicted molar refractivity (Wildman–Crippen MR) is 164 cm³/mol. The number of aliphatic hydroxyl groups is 1. The molecule has 2 heterocycles. The maximum atomic E-state index is 14.7. The van der Waals surface area contributed by atoms with Gasteiger partial charge in [-0.05, 0) is 44.6 Å². The second kappa shape index (κ2) is 14.0. The number of rotatable bonds is 11.